The first-order valence-electron chi connectivity index (χ1n) is 10.2. The van der Waals surface area contributed by atoms with Crippen LogP contribution in [0.5, 0.6) is 0 Å². The van der Waals surface area contributed by atoms with Gasteiger partial charge in [0.05, 0.1) is 23.0 Å². The Morgan fingerprint density at radius 3 is 2.06 bits per heavy atom. The topological polar surface area (TPSA) is 46.6 Å². The number of hydrogen-bond donors (Lipinski definition) is 0. The summed E-state index contributed by atoms with van der Waals surface area (Å²) in [6.07, 6.45) is 3.73. The zero-order valence-corrected chi connectivity index (χ0v) is 17.9. The van der Waals surface area contributed by atoms with Crippen LogP contribution in [0.3, 0.4) is 0 Å². The molecule has 0 aliphatic carbocycles. The molecule has 4 rings (SSSR count). The van der Waals surface area contributed by atoms with Crippen molar-refractivity contribution in [2.24, 2.45) is 0 Å². The van der Waals surface area contributed by atoms with Crippen LogP contribution in [0.1, 0.15) is 16.7 Å². The first-order chi connectivity index (χ1) is 15.0. The van der Waals surface area contributed by atoms with Gasteiger partial charge in [-0.1, -0.05) is 54.6 Å². The maximum Gasteiger partial charge on any atom is 0.206 e. The molecular formula is C25H24FNO3S. The number of nitrogens with zero attached hydrogens (tertiary/aromatic N) is 1. The van der Waals surface area contributed by atoms with Gasteiger partial charge in [0.25, 0.3) is 0 Å². The summed E-state index contributed by atoms with van der Waals surface area (Å²) in [5.41, 5.74) is 2.53. The van der Waals surface area contributed by atoms with Crippen molar-refractivity contribution in [3.63, 3.8) is 0 Å². The quantitative estimate of drug-likeness (QED) is 0.526. The van der Waals surface area contributed by atoms with E-state index in [0.717, 1.165) is 29.8 Å². The van der Waals surface area contributed by atoms with Gasteiger partial charge in [0.15, 0.2) is 0 Å². The van der Waals surface area contributed by atoms with Crippen molar-refractivity contribution in [3.8, 4) is 0 Å². The number of sulfone groups is 1. The lowest BCUT2D eigenvalue weighted by molar-refractivity contribution is 0.0338. The molecule has 0 saturated carbocycles. The fourth-order valence-corrected chi connectivity index (χ4v) is 5.03. The molecule has 0 bridgehead atoms. The molecule has 1 heterocycles. The fraction of sp³-hybridized carbons (Fsp3) is 0.200. The molecule has 1 aliphatic heterocycles. The first kappa shape index (κ1) is 21.4. The maximum atomic E-state index is 13.3. The minimum atomic E-state index is -3.63. The van der Waals surface area contributed by atoms with E-state index in [1.807, 2.05) is 24.3 Å². The zero-order valence-electron chi connectivity index (χ0n) is 17.1. The summed E-state index contributed by atoms with van der Waals surface area (Å²) in [5, 5.41) is 0. The Morgan fingerprint density at radius 1 is 0.839 bits per heavy atom. The Bertz CT molecular complexity index is 1150. The minimum Gasteiger partial charge on any atom is -0.379 e. The van der Waals surface area contributed by atoms with Crippen molar-refractivity contribution in [1.29, 1.82) is 0 Å². The van der Waals surface area contributed by atoms with E-state index in [0.29, 0.717) is 24.7 Å². The Hall–Kier alpha value is -2.80. The standard InChI is InChI=1S/C25H24FNO3S/c26-23-11-7-20(8-12-23)5-6-21-9-13-24(14-10-21)31(28,29)25-4-2-1-3-22(25)19-27-15-17-30-18-16-27/h1-14H,15-19H2. The number of halogens is 1. The normalized spacial score (nSPS) is 15.4. The Morgan fingerprint density at radius 2 is 1.42 bits per heavy atom. The van der Waals surface area contributed by atoms with Crippen LogP contribution in [0.25, 0.3) is 12.2 Å². The molecule has 0 aromatic heterocycles. The highest BCUT2D eigenvalue weighted by molar-refractivity contribution is 7.91. The monoisotopic (exact) mass is 437 g/mol. The summed E-state index contributed by atoms with van der Waals surface area (Å²) < 4.78 is 45.0. The largest absolute Gasteiger partial charge is 0.379 e. The van der Waals surface area contributed by atoms with E-state index in [1.165, 1.54) is 12.1 Å². The van der Waals surface area contributed by atoms with Gasteiger partial charge in [0.1, 0.15) is 5.82 Å². The van der Waals surface area contributed by atoms with Gasteiger partial charge in [0, 0.05) is 19.6 Å². The fourth-order valence-electron chi connectivity index (χ4n) is 3.55. The summed E-state index contributed by atoms with van der Waals surface area (Å²) in [7, 11) is -3.63. The van der Waals surface area contributed by atoms with Gasteiger partial charge in [-0.15, -0.1) is 0 Å². The molecule has 3 aromatic rings. The summed E-state index contributed by atoms with van der Waals surface area (Å²) >= 11 is 0. The predicted molar refractivity (Wildman–Crippen MR) is 120 cm³/mol. The molecule has 0 N–H and O–H groups in total. The van der Waals surface area contributed by atoms with E-state index in [2.05, 4.69) is 4.90 Å². The number of morpholine rings is 1. The number of benzene rings is 3. The molecule has 4 nitrogen and oxygen atoms in total. The SMILES string of the molecule is O=S(=O)(c1ccc(C=Cc2ccc(F)cc2)cc1)c1ccccc1CN1CCOCC1. The molecule has 0 spiro atoms. The minimum absolute atomic E-state index is 0.265. The first-order valence-corrected chi connectivity index (χ1v) is 11.7. The van der Waals surface area contributed by atoms with E-state index in [9.17, 15) is 12.8 Å². The van der Waals surface area contributed by atoms with Crippen molar-refractivity contribution in [2.45, 2.75) is 16.3 Å². The van der Waals surface area contributed by atoms with E-state index >= 15 is 0 Å². The van der Waals surface area contributed by atoms with Crippen LogP contribution in [0.4, 0.5) is 4.39 Å². The third-order valence-electron chi connectivity index (χ3n) is 5.29. The van der Waals surface area contributed by atoms with Crippen molar-refractivity contribution >= 4 is 22.0 Å². The molecule has 0 amide bonds. The van der Waals surface area contributed by atoms with E-state index in [1.54, 1.807) is 48.5 Å². The average molecular weight is 438 g/mol. The molecule has 31 heavy (non-hydrogen) atoms. The molecule has 6 heteroatoms. The van der Waals surface area contributed by atoms with Crippen molar-refractivity contribution in [1.82, 2.24) is 4.90 Å². The second-order valence-electron chi connectivity index (χ2n) is 7.45. The van der Waals surface area contributed by atoms with Gasteiger partial charge >= 0.3 is 0 Å². The summed E-state index contributed by atoms with van der Waals surface area (Å²) in [4.78, 5) is 2.82. The maximum absolute atomic E-state index is 13.3. The molecule has 0 unspecified atom stereocenters. The van der Waals surface area contributed by atoms with Gasteiger partial charge in [-0.3, -0.25) is 4.90 Å². The van der Waals surface area contributed by atoms with E-state index < -0.39 is 9.84 Å². The van der Waals surface area contributed by atoms with E-state index in [-0.39, 0.29) is 10.7 Å². The molecule has 1 saturated heterocycles. The van der Waals surface area contributed by atoms with Crippen molar-refractivity contribution in [3.05, 3.63) is 95.3 Å². The van der Waals surface area contributed by atoms with Crippen LogP contribution < -0.4 is 0 Å². The third kappa shape index (κ3) is 5.28. The van der Waals surface area contributed by atoms with Crippen molar-refractivity contribution in [2.75, 3.05) is 26.3 Å². The highest BCUT2D eigenvalue weighted by atomic mass is 32.2. The van der Waals surface area contributed by atoms with Gasteiger partial charge < -0.3 is 4.74 Å². The van der Waals surface area contributed by atoms with E-state index in [4.69, 9.17) is 4.74 Å². The smallest absolute Gasteiger partial charge is 0.206 e. The van der Waals surface area contributed by atoms with Crippen LogP contribution >= 0.6 is 0 Å². The van der Waals surface area contributed by atoms with Crippen molar-refractivity contribution < 1.29 is 17.5 Å². The highest BCUT2D eigenvalue weighted by Gasteiger charge is 2.22. The second-order valence-corrected chi connectivity index (χ2v) is 9.37. The third-order valence-corrected chi connectivity index (χ3v) is 7.16. The summed E-state index contributed by atoms with van der Waals surface area (Å²) in [5.74, 6) is -0.277. The lowest BCUT2D eigenvalue weighted by atomic mass is 10.1. The molecule has 1 aliphatic rings. The molecular weight excluding hydrogens is 413 g/mol. The number of rotatable bonds is 6. The van der Waals surface area contributed by atoms with Crippen LogP contribution in [0.15, 0.2) is 82.6 Å². The summed E-state index contributed by atoms with van der Waals surface area (Å²) in [6.45, 7) is 3.51. The van der Waals surface area contributed by atoms with Crippen LogP contribution in [0.2, 0.25) is 0 Å². The molecule has 3 aromatic carbocycles. The van der Waals surface area contributed by atoms with Crippen LogP contribution in [-0.4, -0.2) is 39.6 Å². The molecule has 160 valence electrons. The summed E-state index contributed by atoms with van der Waals surface area (Å²) in [6, 6.07) is 20.2. The Kier molecular flexibility index (Phi) is 6.61. The lowest BCUT2D eigenvalue weighted by Crippen LogP contribution is -2.36. The van der Waals surface area contributed by atoms with Gasteiger partial charge in [-0.05, 0) is 47.0 Å². The second kappa shape index (κ2) is 9.56. The van der Waals surface area contributed by atoms with Crippen LogP contribution in [-0.2, 0) is 21.1 Å². The zero-order chi connectivity index (χ0) is 21.7. The molecule has 0 radical (unpaired) electrons. The number of hydrogen-bond acceptors (Lipinski definition) is 4. The number of ether oxygens (including phenoxy) is 1. The van der Waals surface area contributed by atoms with Gasteiger partial charge in [-0.2, -0.15) is 0 Å². The van der Waals surface area contributed by atoms with Crippen LogP contribution in [0, 0.1) is 5.82 Å². The van der Waals surface area contributed by atoms with Gasteiger partial charge in [0.2, 0.25) is 9.84 Å². The average Bonchev–Trinajstić information content (AvgIpc) is 2.80. The molecule has 1 fully saturated rings. The van der Waals surface area contributed by atoms with Gasteiger partial charge in [-0.25, -0.2) is 12.8 Å². The highest BCUT2D eigenvalue weighted by Crippen LogP contribution is 2.26. The Labute approximate surface area is 182 Å². The predicted octanol–water partition coefficient (Wildman–Crippen LogP) is 4.66. The lowest BCUT2D eigenvalue weighted by Gasteiger charge is -2.27. The Balaban J connectivity index is 1.54. The molecule has 0 atom stereocenters.